The summed E-state index contributed by atoms with van der Waals surface area (Å²) >= 11 is 2.08. The maximum absolute atomic E-state index is 12.4. The third-order valence-electron chi connectivity index (χ3n) is 5.29. The van der Waals surface area contributed by atoms with Crippen molar-refractivity contribution in [2.75, 3.05) is 31.9 Å². The van der Waals surface area contributed by atoms with Crippen LogP contribution in [0.2, 0.25) is 0 Å². The van der Waals surface area contributed by atoms with E-state index in [2.05, 4.69) is 47.8 Å². The lowest BCUT2D eigenvalue weighted by molar-refractivity contribution is 0.380. The van der Waals surface area contributed by atoms with Crippen molar-refractivity contribution in [2.24, 2.45) is 10.9 Å². The largest absolute Gasteiger partial charge is 0.357 e. The highest BCUT2D eigenvalue weighted by Crippen LogP contribution is 2.24. The van der Waals surface area contributed by atoms with Gasteiger partial charge in [-0.15, -0.1) is 24.0 Å². The molecule has 0 radical (unpaired) electrons. The summed E-state index contributed by atoms with van der Waals surface area (Å²) in [7, 11) is 0. The summed E-state index contributed by atoms with van der Waals surface area (Å²) < 4.78 is 3.48. The molecule has 1 saturated heterocycles. The summed E-state index contributed by atoms with van der Waals surface area (Å²) in [6, 6.07) is 0. The molecule has 3 heterocycles. The molecule has 3 rings (SSSR count). The predicted molar refractivity (Wildman–Crippen MR) is 128 cm³/mol. The van der Waals surface area contributed by atoms with E-state index in [0.717, 1.165) is 69.4 Å². The van der Waals surface area contributed by atoms with Crippen LogP contribution in [0, 0.1) is 5.92 Å². The van der Waals surface area contributed by atoms with Crippen LogP contribution >= 0.6 is 35.7 Å². The Hall–Kier alpha value is -0.710. The molecule has 0 saturated carbocycles. The van der Waals surface area contributed by atoms with Gasteiger partial charge in [-0.3, -0.25) is 9.56 Å². The number of nitrogens with zero attached hydrogens (tertiary/aromatic N) is 5. The van der Waals surface area contributed by atoms with Crippen LogP contribution in [-0.2, 0) is 19.5 Å². The summed E-state index contributed by atoms with van der Waals surface area (Å²) in [5, 5.41) is 8.62. The number of halogens is 1. The minimum atomic E-state index is 0. The molecule has 2 aliphatic rings. The zero-order valence-corrected chi connectivity index (χ0v) is 20.5. The topological polar surface area (TPSA) is 67.5 Å². The number of hydrogen-bond acceptors (Lipinski definition) is 4. The fourth-order valence-corrected chi connectivity index (χ4v) is 5.00. The second-order valence-electron chi connectivity index (χ2n) is 7.72. The van der Waals surface area contributed by atoms with Crippen molar-refractivity contribution in [1.29, 1.82) is 0 Å². The lowest BCUT2D eigenvalue weighted by Gasteiger charge is -2.36. The molecule has 2 aliphatic heterocycles. The van der Waals surface area contributed by atoms with E-state index in [1.165, 1.54) is 0 Å². The Balaban J connectivity index is 0.00000280. The summed E-state index contributed by atoms with van der Waals surface area (Å²) in [5.74, 6) is 3.80. The molecule has 1 unspecified atom stereocenters. The molecule has 1 fully saturated rings. The van der Waals surface area contributed by atoms with Crippen molar-refractivity contribution in [3.05, 3.63) is 16.3 Å². The molecule has 0 aromatic carbocycles. The van der Waals surface area contributed by atoms with E-state index in [-0.39, 0.29) is 29.7 Å². The maximum atomic E-state index is 12.4. The van der Waals surface area contributed by atoms with Crippen molar-refractivity contribution in [3.63, 3.8) is 0 Å². The van der Waals surface area contributed by atoms with E-state index in [1.54, 1.807) is 4.68 Å². The highest BCUT2D eigenvalue weighted by atomic mass is 127. The number of aromatic nitrogens is 3. The third kappa shape index (κ3) is 5.90. The monoisotopic (exact) mass is 522 g/mol. The van der Waals surface area contributed by atoms with Crippen LogP contribution in [-0.4, -0.2) is 62.4 Å². The number of fused-ring (bicyclic) bond motifs is 1. The van der Waals surface area contributed by atoms with Crippen molar-refractivity contribution in [1.82, 2.24) is 24.6 Å². The van der Waals surface area contributed by atoms with Gasteiger partial charge in [0.05, 0.1) is 0 Å². The molecular weight excluding hydrogens is 487 g/mol. The second-order valence-corrected chi connectivity index (χ2v) is 9.07. The van der Waals surface area contributed by atoms with Gasteiger partial charge in [0, 0.05) is 56.7 Å². The summed E-state index contributed by atoms with van der Waals surface area (Å²) in [6.45, 7) is 11.9. The molecule has 0 bridgehead atoms. The van der Waals surface area contributed by atoms with Gasteiger partial charge < -0.3 is 10.2 Å². The lowest BCUT2D eigenvalue weighted by atomic mass is 10.1. The number of rotatable bonds is 6. The number of thioether (sulfide) groups is 1. The number of aliphatic imine (C=N–C) groups is 1. The highest BCUT2D eigenvalue weighted by molar-refractivity contribution is 14.0. The Morgan fingerprint density at radius 2 is 2.18 bits per heavy atom. The number of guanidine groups is 1. The van der Waals surface area contributed by atoms with Gasteiger partial charge in [0.15, 0.2) is 5.96 Å². The molecule has 1 aromatic rings. The fraction of sp³-hybridized carbons (Fsp3) is 0.842. The van der Waals surface area contributed by atoms with Gasteiger partial charge in [-0.05, 0) is 32.1 Å². The van der Waals surface area contributed by atoms with Crippen LogP contribution < -0.4 is 11.0 Å². The van der Waals surface area contributed by atoms with Crippen LogP contribution in [0.4, 0.5) is 0 Å². The first-order valence-electron chi connectivity index (χ1n) is 10.4. The molecule has 0 amide bonds. The van der Waals surface area contributed by atoms with E-state index >= 15 is 0 Å². The van der Waals surface area contributed by atoms with E-state index in [0.29, 0.717) is 24.3 Å². The molecule has 1 aromatic heterocycles. The van der Waals surface area contributed by atoms with E-state index in [9.17, 15) is 4.79 Å². The molecule has 0 aliphatic carbocycles. The summed E-state index contributed by atoms with van der Waals surface area (Å²) in [4.78, 5) is 19.6. The first kappa shape index (κ1) is 23.6. The average molecular weight is 523 g/mol. The highest BCUT2D eigenvalue weighted by Gasteiger charge is 2.24. The predicted octanol–water partition coefficient (Wildman–Crippen LogP) is 2.43. The maximum Gasteiger partial charge on any atom is 0.345 e. The summed E-state index contributed by atoms with van der Waals surface area (Å²) in [6.07, 6.45) is 3.98. The first-order valence-corrected chi connectivity index (χ1v) is 11.5. The van der Waals surface area contributed by atoms with Gasteiger partial charge in [-0.25, -0.2) is 9.48 Å². The zero-order valence-electron chi connectivity index (χ0n) is 17.4. The van der Waals surface area contributed by atoms with Crippen molar-refractivity contribution >= 4 is 41.7 Å². The second kappa shape index (κ2) is 11.5. The van der Waals surface area contributed by atoms with E-state index in [1.807, 2.05) is 4.57 Å². The minimum absolute atomic E-state index is 0. The Kier molecular flexibility index (Phi) is 9.65. The molecule has 9 heteroatoms. The van der Waals surface area contributed by atoms with Crippen LogP contribution in [0.25, 0.3) is 0 Å². The van der Waals surface area contributed by atoms with Crippen molar-refractivity contribution in [2.45, 2.75) is 64.8 Å². The lowest BCUT2D eigenvalue weighted by Crippen LogP contribution is -2.49. The Bertz CT molecular complexity index is 701. The zero-order chi connectivity index (χ0) is 19.2. The van der Waals surface area contributed by atoms with Gasteiger partial charge in [0.25, 0.3) is 0 Å². The van der Waals surface area contributed by atoms with Crippen LogP contribution in [0.3, 0.4) is 0 Å². The van der Waals surface area contributed by atoms with Gasteiger partial charge in [-0.2, -0.15) is 16.9 Å². The molecule has 1 N–H and O–H groups in total. The number of hydrogen-bond donors (Lipinski definition) is 1. The molecular formula is C19H35IN6OS. The Labute approximate surface area is 189 Å². The molecule has 160 valence electrons. The number of aryl methyl sites for hydroxylation is 2. The van der Waals surface area contributed by atoms with Gasteiger partial charge >= 0.3 is 5.69 Å². The van der Waals surface area contributed by atoms with Crippen LogP contribution in [0.1, 0.15) is 45.9 Å². The smallest absolute Gasteiger partial charge is 0.345 e. The molecule has 0 spiro atoms. The van der Waals surface area contributed by atoms with Gasteiger partial charge in [0.1, 0.15) is 5.82 Å². The molecule has 7 nitrogen and oxygen atoms in total. The molecule has 28 heavy (non-hydrogen) atoms. The van der Waals surface area contributed by atoms with Gasteiger partial charge in [0.2, 0.25) is 0 Å². The fourth-order valence-electron chi connectivity index (χ4n) is 3.70. The van der Waals surface area contributed by atoms with E-state index < -0.39 is 0 Å². The summed E-state index contributed by atoms with van der Waals surface area (Å²) in [5.41, 5.74) is 0.0495. The molecule has 1 atom stereocenters. The third-order valence-corrected chi connectivity index (χ3v) is 6.83. The quantitative estimate of drug-likeness (QED) is 0.269. The minimum Gasteiger partial charge on any atom is -0.357 e. The first-order chi connectivity index (χ1) is 13.1. The normalized spacial score (nSPS) is 20.1. The standard InChI is InChI=1S/C19H34N6OS.HI/c1-4-20-18(23-12-13-27-16(14-23)15(2)3)21-9-7-11-25-19(26)24-10-6-5-8-17(24)22-25;/h15-16H,4-14H2,1-3H3,(H,20,21);1H. The van der Waals surface area contributed by atoms with E-state index in [4.69, 9.17) is 4.99 Å². The Morgan fingerprint density at radius 3 is 2.89 bits per heavy atom. The van der Waals surface area contributed by atoms with Crippen molar-refractivity contribution < 1.29 is 0 Å². The number of nitrogens with one attached hydrogen (secondary N) is 1. The average Bonchev–Trinajstić information content (AvgIpc) is 3.00. The SMILES string of the molecule is CCNC(=NCCCn1nc2n(c1=O)CCCC2)N1CCSC(C(C)C)C1.I. The Morgan fingerprint density at radius 1 is 1.36 bits per heavy atom. The van der Waals surface area contributed by atoms with Crippen LogP contribution in [0.15, 0.2) is 9.79 Å². The van der Waals surface area contributed by atoms with Gasteiger partial charge in [-0.1, -0.05) is 13.8 Å². The van der Waals surface area contributed by atoms with Crippen molar-refractivity contribution in [3.8, 4) is 0 Å². The van der Waals surface area contributed by atoms with Crippen LogP contribution in [0.5, 0.6) is 0 Å².